The molecular formula is C16H31N3O4S. The molecule has 0 saturated carbocycles. The van der Waals surface area contributed by atoms with E-state index in [9.17, 15) is 13.2 Å². The number of morpholine rings is 1. The molecule has 0 aliphatic carbocycles. The molecule has 0 aromatic heterocycles. The van der Waals surface area contributed by atoms with Gasteiger partial charge in [-0.05, 0) is 25.2 Å². The van der Waals surface area contributed by atoms with E-state index in [1.807, 2.05) is 0 Å². The first kappa shape index (κ1) is 19.6. The number of carbonyl (C=O) groups is 1. The number of carbonyl (C=O) groups excluding carboxylic acids is 1. The maximum atomic E-state index is 12.5. The quantitative estimate of drug-likeness (QED) is 0.704. The van der Waals surface area contributed by atoms with Crippen LogP contribution in [0.15, 0.2) is 0 Å². The Balaban J connectivity index is 1.93. The highest BCUT2D eigenvalue weighted by Crippen LogP contribution is 2.20. The molecule has 24 heavy (non-hydrogen) atoms. The Morgan fingerprint density at radius 3 is 2.50 bits per heavy atom. The van der Waals surface area contributed by atoms with Crippen molar-refractivity contribution in [2.24, 2.45) is 5.92 Å². The van der Waals surface area contributed by atoms with Gasteiger partial charge >= 0.3 is 0 Å². The summed E-state index contributed by atoms with van der Waals surface area (Å²) in [5.41, 5.74) is 0. The summed E-state index contributed by atoms with van der Waals surface area (Å²) in [5.74, 6) is 0.369. The Kier molecular flexibility index (Phi) is 7.03. The van der Waals surface area contributed by atoms with Crippen molar-refractivity contribution in [3.8, 4) is 0 Å². The largest absolute Gasteiger partial charge is 0.379 e. The lowest BCUT2D eigenvalue weighted by atomic mass is 10.0. The fraction of sp³-hybridized carbons (Fsp3) is 0.938. The van der Waals surface area contributed by atoms with Gasteiger partial charge in [0.05, 0.1) is 19.5 Å². The predicted octanol–water partition coefficient (Wildman–Crippen LogP) is 0.274. The number of ether oxygens (including phenoxy) is 1. The molecule has 140 valence electrons. The Morgan fingerprint density at radius 1 is 1.25 bits per heavy atom. The predicted molar refractivity (Wildman–Crippen MR) is 93.2 cm³/mol. The number of nitrogens with zero attached hydrogens (tertiary/aromatic N) is 2. The molecule has 2 aliphatic heterocycles. The summed E-state index contributed by atoms with van der Waals surface area (Å²) in [5, 5.41) is 3.00. The summed E-state index contributed by atoms with van der Waals surface area (Å²) < 4.78 is 30.3. The zero-order valence-corrected chi connectivity index (χ0v) is 15.8. The van der Waals surface area contributed by atoms with Gasteiger partial charge < -0.3 is 10.1 Å². The lowest BCUT2D eigenvalue weighted by Gasteiger charge is -2.36. The molecular weight excluding hydrogens is 330 g/mol. The van der Waals surface area contributed by atoms with Crippen molar-refractivity contribution in [3.05, 3.63) is 0 Å². The molecule has 2 rings (SSSR count). The Morgan fingerprint density at radius 2 is 1.92 bits per heavy atom. The molecule has 0 bridgehead atoms. The number of hydrogen-bond acceptors (Lipinski definition) is 5. The number of amides is 1. The van der Waals surface area contributed by atoms with E-state index in [4.69, 9.17) is 4.74 Å². The summed E-state index contributed by atoms with van der Waals surface area (Å²) in [6.07, 6.45) is 3.52. The molecule has 2 fully saturated rings. The average Bonchev–Trinajstić information content (AvgIpc) is 3.01. The van der Waals surface area contributed by atoms with Gasteiger partial charge in [-0.2, -0.15) is 4.31 Å². The monoisotopic (exact) mass is 361 g/mol. The first-order valence-electron chi connectivity index (χ1n) is 8.85. The van der Waals surface area contributed by atoms with Crippen LogP contribution in [0.2, 0.25) is 0 Å². The van der Waals surface area contributed by atoms with Gasteiger partial charge in [0, 0.05) is 32.2 Å². The zero-order valence-electron chi connectivity index (χ0n) is 15.0. The second-order valence-corrected chi connectivity index (χ2v) is 9.14. The molecule has 0 spiro atoms. The van der Waals surface area contributed by atoms with Crippen molar-refractivity contribution in [2.75, 3.05) is 45.6 Å². The fourth-order valence-electron chi connectivity index (χ4n) is 3.58. The van der Waals surface area contributed by atoms with Crippen molar-refractivity contribution in [1.82, 2.24) is 14.5 Å². The highest BCUT2D eigenvalue weighted by Gasteiger charge is 2.36. The SMILES string of the molecule is CC(C)CC(CNC(=O)C1CCCN1S(C)(=O)=O)N1CCOCC1. The van der Waals surface area contributed by atoms with Crippen LogP contribution in [0.1, 0.15) is 33.1 Å². The summed E-state index contributed by atoms with van der Waals surface area (Å²) >= 11 is 0. The van der Waals surface area contributed by atoms with Crippen LogP contribution in [0.3, 0.4) is 0 Å². The van der Waals surface area contributed by atoms with E-state index in [1.165, 1.54) is 10.6 Å². The average molecular weight is 362 g/mol. The molecule has 2 unspecified atom stereocenters. The van der Waals surface area contributed by atoms with Gasteiger partial charge in [0.15, 0.2) is 0 Å². The van der Waals surface area contributed by atoms with Crippen LogP contribution in [0.25, 0.3) is 0 Å². The normalized spacial score (nSPS) is 25.1. The van der Waals surface area contributed by atoms with E-state index < -0.39 is 16.1 Å². The van der Waals surface area contributed by atoms with E-state index in [2.05, 4.69) is 24.1 Å². The second kappa shape index (κ2) is 8.60. The molecule has 2 atom stereocenters. The maximum Gasteiger partial charge on any atom is 0.238 e. The molecule has 2 heterocycles. The molecule has 0 aromatic rings. The van der Waals surface area contributed by atoms with Gasteiger partial charge in [0.1, 0.15) is 6.04 Å². The van der Waals surface area contributed by atoms with Crippen LogP contribution in [-0.2, 0) is 19.6 Å². The molecule has 2 aliphatic rings. The Hall–Kier alpha value is -0.700. The lowest BCUT2D eigenvalue weighted by Crippen LogP contribution is -2.52. The summed E-state index contributed by atoms with van der Waals surface area (Å²) in [6.45, 7) is 8.58. The third kappa shape index (κ3) is 5.40. The smallest absolute Gasteiger partial charge is 0.238 e. The number of sulfonamides is 1. The number of hydrogen-bond donors (Lipinski definition) is 1. The van der Waals surface area contributed by atoms with Gasteiger partial charge in [-0.3, -0.25) is 9.69 Å². The first-order valence-corrected chi connectivity index (χ1v) is 10.7. The zero-order chi connectivity index (χ0) is 17.7. The minimum Gasteiger partial charge on any atom is -0.379 e. The summed E-state index contributed by atoms with van der Waals surface area (Å²) in [4.78, 5) is 14.9. The van der Waals surface area contributed by atoms with E-state index in [0.717, 1.165) is 39.1 Å². The van der Waals surface area contributed by atoms with Crippen molar-refractivity contribution < 1.29 is 17.9 Å². The molecule has 1 N–H and O–H groups in total. The molecule has 8 heteroatoms. The van der Waals surface area contributed by atoms with Crippen molar-refractivity contribution in [3.63, 3.8) is 0 Å². The van der Waals surface area contributed by atoms with E-state index in [0.29, 0.717) is 25.4 Å². The van der Waals surface area contributed by atoms with Gasteiger partial charge in [-0.15, -0.1) is 0 Å². The first-order chi connectivity index (χ1) is 11.3. The molecule has 0 radical (unpaired) electrons. The fourth-order valence-corrected chi connectivity index (χ4v) is 4.71. The van der Waals surface area contributed by atoms with Gasteiger partial charge in [-0.25, -0.2) is 8.42 Å². The van der Waals surface area contributed by atoms with Crippen molar-refractivity contribution >= 4 is 15.9 Å². The number of rotatable bonds is 7. The van der Waals surface area contributed by atoms with E-state index in [-0.39, 0.29) is 11.9 Å². The van der Waals surface area contributed by atoms with Gasteiger partial charge in [0.2, 0.25) is 15.9 Å². The van der Waals surface area contributed by atoms with Crippen LogP contribution in [0, 0.1) is 5.92 Å². The minimum absolute atomic E-state index is 0.167. The van der Waals surface area contributed by atoms with Crippen LogP contribution in [0.4, 0.5) is 0 Å². The summed E-state index contributed by atoms with van der Waals surface area (Å²) in [6, 6.07) is -0.282. The molecule has 2 saturated heterocycles. The van der Waals surface area contributed by atoms with Crippen LogP contribution in [0.5, 0.6) is 0 Å². The van der Waals surface area contributed by atoms with Crippen LogP contribution in [-0.4, -0.2) is 81.3 Å². The van der Waals surface area contributed by atoms with Gasteiger partial charge in [0.25, 0.3) is 0 Å². The summed E-state index contributed by atoms with van der Waals surface area (Å²) in [7, 11) is -3.33. The van der Waals surface area contributed by atoms with Crippen molar-refractivity contribution in [1.29, 1.82) is 0 Å². The molecule has 7 nitrogen and oxygen atoms in total. The van der Waals surface area contributed by atoms with Crippen LogP contribution < -0.4 is 5.32 Å². The third-order valence-electron chi connectivity index (χ3n) is 4.75. The van der Waals surface area contributed by atoms with E-state index >= 15 is 0 Å². The third-order valence-corrected chi connectivity index (χ3v) is 6.04. The topological polar surface area (TPSA) is 79.0 Å². The second-order valence-electron chi connectivity index (χ2n) is 7.21. The highest BCUT2D eigenvalue weighted by atomic mass is 32.2. The minimum atomic E-state index is -3.33. The molecule has 0 aromatic carbocycles. The van der Waals surface area contributed by atoms with E-state index in [1.54, 1.807) is 0 Å². The lowest BCUT2D eigenvalue weighted by molar-refractivity contribution is -0.124. The van der Waals surface area contributed by atoms with Crippen LogP contribution >= 0.6 is 0 Å². The highest BCUT2D eigenvalue weighted by molar-refractivity contribution is 7.88. The maximum absolute atomic E-state index is 12.5. The number of nitrogens with one attached hydrogen (secondary N) is 1. The van der Waals surface area contributed by atoms with Crippen molar-refractivity contribution in [2.45, 2.75) is 45.2 Å². The Labute approximate surface area is 145 Å². The van der Waals surface area contributed by atoms with Gasteiger partial charge in [-0.1, -0.05) is 13.8 Å². The Bertz CT molecular complexity index is 517. The standard InChI is InChI=1S/C16H31N3O4S/c1-13(2)11-14(18-7-9-23-10-8-18)12-17-16(20)15-5-4-6-19(15)24(3,21)22/h13-15H,4-12H2,1-3H3,(H,17,20). The molecule has 1 amide bonds.